The third kappa shape index (κ3) is 4.97. The second-order valence-electron chi connectivity index (χ2n) is 4.87. The largest absolute Gasteiger partial charge is 0.549 e. The molecule has 0 saturated carbocycles. The lowest BCUT2D eigenvalue weighted by molar-refractivity contribution is -0.304. The molecule has 7 nitrogen and oxygen atoms in total. The number of sulfone groups is 1. The lowest BCUT2D eigenvalue weighted by Gasteiger charge is -2.23. The fourth-order valence-electron chi connectivity index (χ4n) is 1.92. The number of rotatable bonds is 9. The molecule has 0 amide bonds. The molecule has 1 aromatic carbocycles. The molecule has 8 heteroatoms. The van der Waals surface area contributed by atoms with Crippen LogP contribution in [0.1, 0.15) is 12.5 Å². The molecule has 2 N–H and O–H groups in total. The first-order valence-electron chi connectivity index (χ1n) is 6.80. The lowest BCUT2D eigenvalue weighted by atomic mass is 10.2. The van der Waals surface area contributed by atoms with Crippen LogP contribution in [0, 0.1) is 0 Å². The molecule has 1 atom stereocenters. The Labute approximate surface area is 129 Å². The molecule has 1 aromatic rings. The summed E-state index contributed by atoms with van der Waals surface area (Å²) in [5.74, 6) is -2.00. The van der Waals surface area contributed by atoms with Crippen LogP contribution in [0.2, 0.25) is 0 Å². The van der Waals surface area contributed by atoms with Crippen LogP contribution in [0.5, 0.6) is 0 Å². The molecule has 0 spiro atoms. The van der Waals surface area contributed by atoms with Crippen LogP contribution in [0.25, 0.3) is 0 Å². The van der Waals surface area contributed by atoms with E-state index < -0.39 is 21.1 Å². The summed E-state index contributed by atoms with van der Waals surface area (Å²) in [6, 6.07) is 6.49. The predicted molar refractivity (Wildman–Crippen MR) is 79.9 cm³/mol. The van der Waals surface area contributed by atoms with Gasteiger partial charge in [-0.3, -0.25) is 0 Å². The number of aliphatic hydroxyl groups excluding tert-OH is 2. The van der Waals surface area contributed by atoms with Crippen molar-refractivity contribution >= 4 is 21.5 Å². The Hall–Kier alpha value is -1.64. The fraction of sp³-hybridized carbons (Fsp3) is 0.500. The normalized spacial score (nSPS) is 12.9. The Morgan fingerprint density at radius 1 is 1.18 bits per heavy atom. The molecule has 0 heterocycles. The van der Waals surface area contributed by atoms with Crippen molar-refractivity contribution < 1.29 is 28.5 Å². The summed E-state index contributed by atoms with van der Waals surface area (Å²) < 4.78 is 23.7. The van der Waals surface area contributed by atoms with E-state index in [2.05, 4.69) is 0 Å². The van der Waals surface area contributed by atoms with Gasteiger partial charge in [0.2, 0.25) is 0 Å². The zero-order valence-electron chi connectivity index (χ0n) is 12.3. The number of carbonyl (C=O) groups excluding carboxylic acids is 1. The maximum atomic E-state index is 11.9. The van der Waals surface area contributed by atoms with Crippen molar-refractivity contribution in [2.45, 2.75) is 17.9 Å². The summed E-state index contributed by atoms with van der Waals surface area (Å²) >= 11 is 0. The smallest absolute Gasteiger partial charge is 0.162 e. The van der Waals surface area contributed by atoms with Crippen molar-refractivity contribution in [2.24, 2.45) is 0 Å². The van der Waals surface area contributed by atoms with Gasteiger partial charge in [-0.25, -0.2) is 8.42 Å². The number of carboxylic acids is 1. The minimum Gasteiger partial charge on any atom is -0.549 e. The molecule has 0 radical (unpaired) electrons. The monoisotopic (exact) mass is 330 g/mol. The Morgan fingerprint density at radius 3 is 2.09 bits per heavy atom. The molecule has 0 aliphatic carbocycles. The van der Waals surface area contributed by atoms with E-state index in [1.807, 2.05) is 0 Å². The first-order chi connectivity index (χ1) is 10.3. The number of aliphatic hydroxyl groups is 2. The standard InChI is InChI=1S/C14H21NO6S/c1-11(14(18)19)22(20,21)10-12-2-4-13(5-3-12)15(6-8-16)7-9-17/h2-5,11,16-17H,6-10H2,1H3,(H,18,19)/p-1. The zero-order valence-corrected chi connectivity index (χ0v) is 13.1. The van der Waals surface area contributed by atoms with Gasteiger partial charge in [-0.15, -0.1) is 0 Å². The minimum atomic E-state index is -3.82. The summed E-state index contributed by atoms with van der Waals surface area (Å²) in [6.07, 6.45) is 0. The molecule has 22 heavy (non-hydrogen) atoms. The predicted octanol–water partition coefficient (Wildman–Crippen LogP) is -1.47. The quantitative estimate of drug-likeness (QED) is 0.567. The van der Waals surface area contributed by atoms with Crippen LogP contribution < -0.4 is 10.0 Å². The summed E-state index contributed by atoms with van der Waals surface area (Å²) in [6.45, 7) is 1.64. The molecule has 124 valence electrons. The molecule has 0 bridgehead atoms. The van der Waals surface area contributed by atoms with E-state index in [9.17, 15) is 18.3 Å². The summed E-state index contributed by atoms with van der Waals surface area (Å²) in [7, 11) is -3.82. The summed E-state index contributed by atoms with van der Waals surface area (Å²) in [5, 5.41) is 27.1. The zero-order chi connectivity index (χ0) is 16.8. The highest BCUT2D eigenvalue weighted by atomic mass is 32.2. The van der Waals surface area contributed by atoms with Crippen LogP contribution in [-0.2, 0) is 20.4 Å². The highest BCUT2D eigenvalue weighted by molar-refractivity contribution is 7.91. The van der Waals surface area contributed by atoms with Gasteiger partial charge in [0.05, 0.1) is 30.2 Å². The third-order valence-electron chi connectivity index (χ3n) is 3.28. The fourth-order valence-corrected chi connectivity index (χ4v) is 3.12. The SMILES string of the molecule is CC(C(=O)[O-])S(=O)(=O)Cc1ccc(N(CCO)CCO)cc1. The summed E-state index contributed by atoms with van der Waals surface area (Å²) in [4.78, 5) is 12.4. The average molecular weight is 330 g/mol. The van der Waals surface area contributed by atoms with E-state index in [0.29, 0.717) is 18.7 Å². The number of aliphatic carboxylic acids is 1. The van der Waals surface area contributed by atoms with Gasteiger partial charge < -0.3 is 25.0 Å². The van der Waals surface area contributed by atoms with Gasteiger partial charge in [0.1, 0.15) is 0 Å². The topological polar surface area (TPSA) is 118 Å². The van der Waals surface area contributed by atoms with Gasteiger partial charge in [-0.2, -0.15) is 0 Å². The molecule has 0 aromatic heterocycles. The first-order valence-corrected chi connectivity index (χ1v) is 8.51. The molecule has 0 aliphatic rings. The van der Waals surface area contributed by atoms with Crippen molar-refractivity contribution in [1.29, 1.82) is 0 Å². The van der Waals surface area contributed by atoms with Crippen LogP contribution in [-0.4, -0.2) is 56.2 Å². The van der Waals surface area contributed by atoms with Gasteiger partial charge in [-0.05, 0) is 24.6 Å². The Morgan fingerprint density at radius 2 is 1.68 bits per heavy atom. The van der Waals surface area contributed by atoms with E-state index in [1.165, 1.54) is 0 Å². The maximum absolute atomic E-state index is 11.9. The van der Waals surface area contributed by atoms with Gasteiger partial charge in [0.25, 0.3) is 0 Å². The van der Waals surface area contributed by atoms with Crippen LogP contribution >= 0.6 is 0 Å². The number of carbonyl (C=O) groups is 1. The Bertz CT molecular complexity index is 578. The molecule has 0 saturated heterocycles. The second kappa shape index (κ2) is 8.11. The number of hydrogen-bond acceptors (Lipinski definition) is 7. The number of anilines is 1. The highest BCUT2D eigenvalue weighted by Gasteiger charge is 2.22. The van der Waals surface area contributed by atoms with E-state index in [0.717, 1.165) is 12.6 Å². The van der Waals surface area contributed by atoms with Gasteiger partial charge in [-0.1, -0.05) is 12.1 Å². The van der Waals surface area contributed by atoms with Gasteiger partial charge in [0, 0.05) is 18.8 Å². The van der Waals surface area contributed by atoms with Crippen LogP contribution in [0.15, 0.2) is 24.3 Å². The van der Waals surface area contributed by atoms with Gasteiger partial charge >= 0.3 is 0 Å². The minimum absolute atomic E-state index is 0.0702. The highest BCUT2D eigenvalue weighted by Crippen LogP contribution is 2.17. The average Bonchev–Trinajstić information content (AvgIpc) is 2.46. The lowest BCUT2D eigenvalue weighted by Crippen LogP contribution is -2.39. The molecule has 0 aliphatic heterocycles. The molecule has 0 fully saturated rings. The Balaban J connectivity index is 2.86. The molecule has 1 rings (SSSR count). The van der Waals surface area contributed by atoms with E-state index >= 15 is 0 Å². The van der Waals surface area contributed by atoms with E-state index in [-0.39, 0.29) is 19.0 Å². The van der Waals surface area contributed by atoms with Gasteiger partial charge in [0.15, 0.2) is 9.84 Å². The van der Waals surface area contributed by atoms with Crippen molar-refractivity contribution in [2.75, 3.05) is 31.2 Å². The Kier molecular flexibility index (Phi) is 6.79. The van der Waals surface area contributed by atoms with Crippen molar-refractivity contribution in [3.63, 3.8) is 0 Å². The number of benzene rings is 1. The van der Waals surface area contributed by atoms with Crippen molar-refractivity contribution in [3.8, 4) is 0 Å². The first kappa shape index (κ1) is 18.4. The maximum Gasteiger partial charge on any atom is 0.162 e. The van der Waals surface area contributed by atoms with Crippen molar-refractivity contribution in [3.05, 3.63) is 29.8 Å². The van der Waals surface area contributed by atoms with E-state index in [4.69, 9.17) is 10.2 Å². The molecular weight excluding hydrogens is 310 g/mol. The summed E-state index contributed by atoms with van der Waals surface area (Å²) in [5.41, 5.74) is 1.20. The number of nitrogens with zero attached hydrogens (tertiary/aromatic N) is 1. The second-order valence-corrected chi connectivity index (χ2v) is 7.19. The molecular formula is C14H20NO6S-. The third-order valence-corrected chi connectivity index (χ3v) is 5.29. The van der Waals surface area contributed by atoms with Crippen LogP contribution in [0.3, 0.4) is 0 Å². The van der Waals surface area contributed by atoms with Crippen LogP contribution in [0.4, 0.5) is 5.69 Å². The van der Waals surface area contributed by atoms with E-state index in [1.54, 1.807) is 29.2 Å². The number of hydrogen-bond donors (Lipinski definition) is 2. The number of carboxylic acid groups (broad SMARTS) is 1. The molecule has 1 unspecified atom stereocenters. The van der Waals surface area contributed by atoms with Crippen molar-refractivity contribution in [1.82, 2.24) is 0 Å².